The number of H-pyrrole nitrogens is 1. The van der Waals surface area contributed by atoms with Crippen LogP contribution in [0.5, 0.6) is 11.5 Å². The van der Waals surface area contributed by atoms with Gasteiger partial charge in [-0.3, -0.25) is 4.79 Å². The van der Waals surface area contributed by atoms with Gasteiger partial charge in [-0.25, -0.2) is 4.39 Å². The minimum atomic E-state index is -0.936. The molecule has 0 aliphatic carbocycles. The summed E-state index contributed by atoms with van der Waals surface area (Å²) in [5.41, 5.74) is 14.1. The SMILES string of the molecule is Cc1ccc(Oc2ccc(N3CCC(C)CC(C(=O)c4cc5cc(C)c(C6CCN([S+](C)[O-])CC6)cc5[nH]4)=C3N)c(C)c2)c(F)c1. The van der Waals surface area contributed by atoms with E-state index in [0.717, 1.165) is 60.1 Å². The Morgan fingerprint density at radius 3 is 2.46 bits per heavy atom. The standard InChI is InChI=1S/C37H43FN4O3S/c1-22-6-9-35(31(38)17-22)45-28-7-8-34(25(4)19-28)42-15-10-23(2)16-30(37(42)39)36(43)33-20-27-18-24(3)29(21-32(27)40-33)26-11-13-41(14-12-26)46(5)44/h6-9,17-21,23,26,40H,10-16,39H2,1-5H3. The van der Waals surface area contributed by atoms with Gasteiger partial charge in [0.2, 0.25) is 5.78 Å². The molecule has 7 nitrogen and oxygen atoms in total. The quantitative estimate of drug-likeness (QED) is 0.158. The van der Waals surface area contributed by atoms with Crippen molar-refractivity contribution in [3.8, 4) is 11.5 Å². The van der Waals surface area contributed by atoms with E-state index in [1.165, 1.54) is 17.2 Å². The Kier molecular flexibility index (Phi) is 9.19. The van der Waals surface area contributed by atoms with Crippen molar-refractivity contribution >= 4 is 33.7 Å². The summed E-state index contributed by atoms with van der Waals surface area (Å²) in [4.78, 5) is 19.6. The summed E-state index contributed by atoms with van der Waals surface area (Å²) in [6, 6.07) is 16.8. The number of benzene rings is 3. The number of nitrogens with two attached hydrogens (primary N) is 1. The molecule has 1 fully saturated rings. The first-order valence-corrected chi connectivity index (χ1v) is 17.6. The molecule has 0 radical (unpaired) electrons. The van der Waals surface area contributed by atoms with Crippen molar-refractivity contribution in [3.05, 3.63) is 99.8 Å². The van der Waals surface area contributed by atoms with Crippen molar-refractivity contribution in [2.75, 3.05) is 30.8 Å². The Labute approximate surface area is 273 Å². The van der Waals surface area contributed by atoms with Gasteiger partial charge in [-0.15, -0.1) is 4.31 Å². The molecule has 46 heavy (non-hydrogen) atoms. The third-order valence-corrected chi connectivity index (χ3v) is 10.6. The number of aryl methyl sites for hydroxylation is 3. The lowest BCUT2D eigenvalue weighted by Crippen LogP contribution is -2.37. The number of Topliss-reactive ketones (excluding diaryl/α,β-unsaturated/α-hetero) is 1. The number of hydrogen-bond acceptors (Lipinski definition) is 6. The summed E-state index contributed by atoms with van der Waals surface area (Å²) < 4.78 is 34.2. The Balaban J connectivity index is 1.27. The Bertz CT molecular complexity index is 1810. The van der Waals surface area contributed by atoms with Gasteiger partial charge in [0.15, 0.2) is 11.6 Å². The molecule has 3 aromatic carbocycles. The molecule has 0 bridgehead atoms. The number of allylic oxidation sites excluding steroid dienone is 1. The average molecular weight is 643 g/mol. The first-order chi connectivity index (χ1) is 22.0. The van der Waals surface area contributed by atoms with Crippen molar-refractivity contribution < 1.29 is 18.5 Å². The second kappa shape index (κ2) is 13.1. The number of piperidine rings is 1. The van der Waals surface area contributed by atoms with Gasteiger partial charge in [-0.1, -0.05) is 13.0 Å². The number of halogens is 1. The third kappa shape index (κ3) is 6.54. The van der Waals surface area contributed by atoms with E-state index >= 15 is 0 Å². The van der Waals surface area contributed by atoms with Gasteiger partial charge in [0.1, 0.15) is 17.8 Å². The van der Waals surface area contributed by atoms with E-state index in [4.69, 9.17) is 10.5 Å². The Morgan fingerprint density at radius 2 is 1.76 bits per heavy atom. The van der Waals surface area contributed by atoms with Crippen molar-refractivity contribution in [2.24, 2.45) is 11.7 Å². The largest absolute Gasteiger partial charge is 0.598 e. The number of aromatic nitrogens is 1. The fraction of sp³-hybridized carbons (Fsp3) is 0.378. The Morgan fingerprint density at radius 1 is 1.00 bits per heavy atom. The molecule has 0 spiro atoms. The van der Waals surface area contributed by atoms with Crippen LogP contribution in [0.1, 0.15) is 71.3 Å². The van der Waals surface area contributed by atoms with Crippen LogP contribution in [0.25, 0.3) is 10.9 Å². The number of nitrogens with zero attached hydrogens (tertiary/aromatic N) is 2. The number of rotatable bonds is 7. The molecule has 3 N–H and O–H groups in total. The summed E-state index contributed by atoms with van der Waals surface area (Å²) in [5, 5.41) is 1.01. The van der Waals surface area contributed by atoms with Crippen LogP contribution >= 0.6 is 0 Å². The van der Waals surface area contributed by atoms with E-state index in [1.807, 2.05) is 53.4 Å². The van der Waals surface area contributed by atoms with Gasteiger partial charge in [0.05, 0.1) is 5.69 Å². The second-order valence-electron chi connectivity index (χ2n) is 13.0. The number of ketones is 1. The minimum Gasteiger partial charge on any atom is -0.598 e. The molecule has 2 atom stereocenters. The van der Waals surface area contributed by atoms with E-state index in [2.05, 4.69) is 31.0 Å². The lowest BCUT2D eigenvalue weighted by molar-refractivity contribution is 0.102. The first-order valence-electron chi connectivity index (χ1n) is 16.1. The molecule has 0 amide bonds. The maximum Gasteiger partial charge on any atom is 0.208 e. The number of fused-ring (bicyclic) bond motifs is 1. The Hall–Kier alpha value is -3.79. The van der Waals surface area contributed by atoms with Crippen LogP contribution in [0.3, 0.4) is 0 Å². The van der Waals surface area contributed by atoms with Crippen molar-refractivity contribution in [1.82, 2.24) is 9.29 Å². The molecule has 9 heteroatoms. The van der Waals surface area contributed by atoms with Crippen LogP contribution in [0.2, 0.25) is 0 Å². The molecule has 1 aromatic heterocycles. The lowest BCUT2D eigenvalue weighted by atomic mass is 9.87. The highest BCUT2D eigenvalue weighted by molar-refractivity contribution is 7.88. The van der Waals surface area contributed by atoms with Crippen LogP contribution in [0, 0.1) is 32.5 Å². The molecule has 4 aromatic rings. The monoisotopic (exact) mass is 642 g/mol. The van der Waals surface area contributed by atoms with E-state index < -0.39 is 17.2 Å². The number of nitrogens with one attached hydrogen (secondary N) is 1. The van der Waals surface area contributed by atoms with Crippen LogP contribution in [0.15, 0.2) is 66.0 Å². The van der Waals surface area contributed by atoms with Crippen molar-refractivity contribution in [3.63, 3.8) is 0 Å². The molecule has 6 rings (SSSR count). The van der Waals surface area contributed by atoms with E-state index in [-0.39, 0.29) is 17.5 Å². The van der Waals surface area contributed by atoms with Gasteiger partial charge in [-0.2, -0.15) is 0 Å². The number of ether oxygens (including phenoxy) is 1. The fourth-order valence-electron chi connectivity index (χ4n) is 6.92. The average Bonchev–Trinajstić information content (AvgIpc) is 3.37. The molecular weight excluding hydrogens is 599 g/mol. The van der Waals surface area contributed by atoms with Crippen molar-refractivity contribution in [1.29, 1.82) is 0 Å². The highest BCUT2D eigenvalue weighted by atomic mass is 32.2. The van der Waals surface area contributed by atoms with Crippen LogP contribution < -0.4 is 15.4 Å². The normalized spacial score (nSPS) is 19.0. The summed E-state index contributed by atoms with van der Waals surface area (Å²) in [6.45, 7) is 10.4. The predicted molar refractivity (Wildman–Crippen MR) is 184 cm³/mol. The maximum absolute atomic E-state index is 14.4. The summed E-state index contributed by atoms with van der Waals surface area (Å²) in [5.74, 6) is 1.36. The van der Waals surface area contributed by atoms with Gasteiger partial charge >= 0.3 is 0 Å². The highest BCUT2D eigenvalue weighted by Crippen LogP contribution is 2.36. The highest BCUT2D eigenvalue weighted by Gasteiger charge is 2.29. The van der Waals surface area contributed by atoms with E-state index in [1.54, 1.807) is 12.3 Å². The van der Waals surface area contributed by atoms with Gasteiger partial charge in [-0.05, 0) is 129 Å². The van der Waals surface area contributed by atoms with E-state index in [9.17, 15) is 13.7 Å². The molecule has 242 valence electrons. The zero-order valence-corrected chi connectivity index (χ0v) is 28.1. The number of anilines is 1. The van der Waals surface area contributed by atoms with Gasteiger partial charge in [0, 0.05) is 53.2 Å². The summed E-state index contributed by atoms with van der Waals surface area (Å²) >= 11 is -0.936. The third-order valence-electron chi connectivity index (χ3n) is 9.56. The smallest absolute Gasteiger partial charge is 0.208 e. The fourth-order valence-corrected chi connectivity index (χ4v) is 7.64. The van der Waals surface area contributed by atoms with Crippen LogP contribution in [-0.2, 0) is 11.4 Å². The van der Waals surface area contributed by atoms with Crippen LogP contribution in [-0.4, -0.2) is 45.5 Å². The number of hydrogen-bond donors (Lipinski definition) is 2. The second-order valence-corrected chi connectivity index (χ2v) is 14.4. The minimum absolute atomic E-state index is 0.0853. The number of carbonyl (C=O) groups is 1. The maximum atomic E-state index is 14.4. The molecule has 2 unspecified atom stereocenters. The first kappa shape index (κ1) is 32.2. The molecule has 2 aliphatic rings. The molecule has 0 saturated carbocycles. The van der Waals surface area contributed by atoms with Crippen LogP contribution in [0.4, 0.5) is 10.1 Å². The lowest BCUT2D eigenvalue weighted by Gasteiger charge is -2.31. The molecular formula is C37H43FN4O3S. The molecule has 2 aliphatic heterocycles. The number of aromatic amines is 1. The molecule has 1 saturated heterocycles. The summed E-state index contributed by atoms with van der Waals surface area (Å²) in [6.07, 6.45) is 5.14. The topological polar surface area (TPSA) is 97.6 Å². The zero-order valence-electron chi connectivity index (χ0n) is 27.3. The zero-order chi connectivity index (χ0) is 32.7. The van der Waals surface area contributed by atoms with Crippen molar-refractivity contribution in [2.45, 2.75) is 59.3 Å². The summed E-state index contributed by atoms with van der Waals surface area (Å²) in [7, 11) is 0. The number of carbonyl (C=O) groups excluding carboxylic acids is 1. The van der Waals surface area contributed by atoms with Gasteiger partial charge < -0.3 is 24.9 Å². The molecule has 3 heterocycles. The van der Waals surface area contributed by atoms with E-state index in [0.29, 0.717) is 41.7 Å². The predicted octanol–water partition coefficient (Wildman–Crippen LogP) is 7.79. The van der Waals surface area contributed by atoms with Gasteiger partial charge in [0.25, 0.3) is 0 Å².